The lowest BCUT2D eigenvalue weighted by Gasteiger charge is -2.29. The minimum Gasteiger partial charge on any atom is -0.217 e. The first kappa shape index (κ1) is 25.2. The Morgan fingerprint density at radius 1 is 0.806 bits per heavy atom. The second-order valence-electron chi connectivity index (χ2n) is 10.7. The molecule has 1 fully saturated rings. The third kappa shape index (κ3) is 6.08. The smallest absolute Gasteiger partial charge is 0.213 e. The fourth-order valence-corrected chi connectivity index (χ4v) is 6.63. The summed E-state index contributed by atoms with van der Waals surface area (Å²) >= 11 is 1.67. The van der Waals surface area contributed by atoms with Gasteiger partial charge in [-0.05, 0) is 61.5 Å². The molecule has 0 amide bonds. The van der Waals surface area contributed by atoms with Crippen LogP contribution in [0.2, 0.25) is 0 Å². The van der Waals surface area contributed by atoms with Crippen LogP contribution in [0.15, 0.2) is 54.7 Å². The molecule has 3 nitrogen and oxygen atoms in total. The minimum atomic E-state index is 0.732. The van der Waals surface area contributed by atoms with Crippen molar-refractivity contribution in [1.29, 1.82) is 0 Å². The molecule has 0 radical (unpaired) electrons. The van der Waals surface area contributed by atoms with E-state index in [0.29, 0.717) is 0 Å². The highest BCUT2D eigenvalue weighted by Crippen LogP contribution is 2.38. The molecule has 2 aromatic heterocycles. The summed E-state index contributed by atoms with van der Waals surface area (Å²) in [6.07, 6.45) is 18.2. The molecular weight excluding hydrogens is 458 g/mol. The second-order valence-corrected chi connectivity index (χ2v) is 11.7. The highest BCUT2D eigenvalue weighted by molar-refractivity contribution is 7.19. The topological polar surface area (TPSA) is 30.2 Å². The lowest BCUT2D eigenvalue weighted by atomic mass is 9.77. The van der Waals surface area contributed by atoms with E-state index in [0.717, 1.165) is 39.5 Å². The van der Waals surface area contributed by atoms with Crippen LogP contribution >= 0.6 is 11.3 Å². The largest absolute Gasteiger partial charge is 0.217 e. The number of hydrogen-bond acceptors (Lipinski definition) is 3. The fourth-order valence-electron chi connectivity index (χ4n) is 5.74. The predicted octanol–water partition coefficient (Wildman–Crippen LogP) is 9.71. The Hall–Kier alpha value is -2.46. The minimum absolute atomic E-state index is 0.732. The molecule has 2 heterocycles. The number of nitrogens with zero attached hydrogens (tertiary/aromatic N) is 3. The summed E-state index contributed by atoms with van der Waals surface area (Å²) in [6.45, 7) is 4.55. The van der Waals surface area contributed by atoms with Crippen LogP contribution in [-0.4, -0.2) is 14.6 Å². The van der Waals surface area contributed by atoms with Gasteiger partial charge in [0.15, 0.2) is 0 Å². The van der Waals surface area contributed by atoms with Crippen molar-refractivity contribution >= 4 is 16.3 Å². The van der Waals surface area contributed by atoms with Crippen LogP contribution in [0.1, 0.15) is 102 Å². The van der Waals surface area contributed by atoms with Gasteiger partial charge in [-0.25, -0.2) is 9.50 Å². The van der Waals surface area contributed by atoms with Gasteiger partial charge in [0, 0.05) is 11.1 Å². The molecule has 5 rings (SSSR count). The zero-order valence-corrected chi connectivity index (χ0v) is 22.9. The quantitative estimate of drug-likeness (QED) is 0.192. The van der Waals surface area contributed by atoms with Gasteiger partial charge in [-0.15, -0.1) is 0 Å². The maximum Gasteiger partial charge on any atom is 0.213 e. The number of rotatable bonds is 11. The molecule has 0 unspecified atom stereocenters. The average Bonchev–Trinajstić information content (AvgIpc) is 3.50. The van der Waals surface area contributed by atoms with E-state index in [2.05, 4.69) is 68.6 Å². The number of unbranched alkanes of at least 4 members (excludes halogenated alkanes) is 4. The number of fused-ring (bicyclic) bond motifs is 1. The molecule has 4 aromatic rings. The average molecular weight is 500 g/mol. The molecule has 2 aromatic carbocycles. The second kappa shape index (κ2) is 12.2. The third-order valence-electron chi connectivity index (χ3n) is 8.05. The van der Waals surface area contributed by atoms with Crippen LogP contribution in [-0.2, 0) is 6.42 Å². The molecule has 1 saturated carbocycles. The number of hydrogen-bond donors (Lipinski definition) is 0. The number of aryl methyl sites for hydroxylation is 1. The normalized spacial score (nSPS) is 18.2. The first-order chi connectivity index (χ1) is 17.7. The van der Waals surface area contributed by atoms with Crippen molar-refractivity contribution in [3.05, 3.63) is 65.9 Å². The maximum atomic E-state index is 4.88. The van der Waals surface area contributed by atoms with E-state index in [1.807, 2.05) is 4.52 Å². The van der Waals surface area contributed by atoms with E-state index >= 15 is 0 Å². The van der Waals surface area contributed by atoms with E-state index in [-0.39, 0.29) is 0 Å². The van der Waals surface area contributed by atoms with Crippen molar-refractivity contribution in [1.82, 2.24) is 14.6 Å². The molecule has 0 saturated heterocycles. The maximum absolute atomic E-state index is 4.88. The highest BCUT2D eigenvalue weighted by atomic mass is 32.1. The lowest BCUT2D eigenvalue weighted by molar-refractivity contribution is 0.303. The summed E-state index contributed by atoms with van der Waals surface area (Å²) in [5.41, 5.74) is 6.28. The first-order valence-electron chi connectivity index (χ1n) is 14.3. The Balaban J connectivity index is 1.20. The van der Waals surface area contributed by atoms with Gasteiger partial charge in [0.25, 0.3) is 0 Å². The summed E-state index contributed by atoms with van der Waals surface area (Å²) in [7, 11) is 0. The van der Waals surface area contributed by atoms with Gasteiger partial charge in [-0.1, -0.05) is 112 Å². The van der Waals surface area contributed by atoms with Crippen LogP contribution in [0.5, 0.6) is 0 Å². The lowest BCUT2D eigenvalue weighted by Crippen LogP contribution is -2.13. The summed E-state index contributed by atoms with van der Waals surface area (Å²) in [5.74, 6) is 1.70. The van der Waals surface area contributed by atoms with Crippen molar-refractivity contribution < 1.29 is 0 Å². The van der Waals surface area contributed by atoms with Crippen molar-refractivity contribution in [2.24, 2.45) is 5.92 Å². The predicted molar refractivity (Wildman–Crippen MR) is 154 cm³/mol. The molecule has 1 aliphatic carbocycles. The summed E-state index contributed by atoms with van der Waals surface area (Å²) < 4.78 is 1.94. The fraction of sp³-hybridized carbons (Fsp3) is 0.500. The van der Waals surface area contributed by atoms with Crippen LogP contribution in [0.4, 0.5) is 0 Å². The van der Waals surface area contributed by atoms with Gasteiger partial charge in [-0.3, -0.25) is 0 Å². The zero-order valence-electron chi connectivity index (χ0n) is 22.1. The standard InChI is InChI=1S/C32H41N3S/c1-3-5-7-9-24-11-15-26(16-12-24)27-19-21-29(22-20-27)31-34-35-23-30(33-32(35)36-31)28-17-13-25(14-18-28)10-8-6-4-2/h13-14,17-24,26H,3-12,15-16H2,1-2H3. The van der Waals surface area contributed by atoms with Crippen LogP contribution < -0.4 is 0 Å². The molecule has 4 heteroatoms. The van der Waals surface area contributed by atoms with E-state index < -0.39 is 0 Å². The van der Waals surface area contributed by atoms with Crippen molar-refractivity contribution in [3.8, 4) is 21.8 Å². The molecule has 0 bridgehead atoms. The molecule has 0 spiro atoms. The van der Waals surface area contributed by atoms with Gasteiger partial charge in [-0.2, -0.15) is 5.10 Å². The monoisotopic (exact) mass is 499 g/mol. The van der Waals surface area contributed by atoms with E-state index in [4.69, 9.17) is 10.1 Å². The molecule has 0 atom stereocenters. The Bertz CT molecular complexity index is 1180. The number of aromatic nitrogens is 3. The highest BCUT2D eigenvalue weighted by Gasteiger charge is 2.22. The van der Waals surface area contributed by atoms with Crippen molar-refractivity contribution in [3.63, 3.8) is 0 Å². The van der Waals surface area contributed by atoms with Gasteiger partial charge < -0.3 is 0 Å². The Morgan fingerprint density at radius 3 is 2.19 bits per heavy atom. The first-order valence-corrected chi connectivity index (χ1v) is 15.1. The van der Waals surface area contributed by atoms with Crippen molar-refractivity contribution in [2.45, 2.75) is 96.8 Å². The van der Waals surface area contributed by atoms with Crippen LogP contribution in [0.25, 0.3) is 26.8 Å². The zero-order chi connectivity index (χ0) is 24.7. The summed E-state index contributed by atoms with van der Waals surface area (Å²) in [6, 6.07) is 18.1. The van der Waals surface area contributed by atoms with Gasteiger partial charge >= 0.3 is 0 Å². The van der Waals surface area contributed by atoms with Crippen LogP contribution in [0.3, 0.4) is 0 Å². The number of imidazole rings is 1. The van der Waals surface area contributed by atoms with Gasteiger partial charge in [0.1, 0.15) is 5.01 Å². The molecule has 190 valence electrons. The Morgan fingerprint density at radius 2 is 1.50 bits per heavy atom. The Labute approximate surface area is 221 Å². The van der Waals surface area contributed by atoms with E-state index in [1.165, 1.54) is 87.3 Å². The SMILES string of the molecule is CCCCCc1ccc(-c2cn3nc(-c4ccc(C5CCC(CCCCC)CC5)cc4)sc3n2)cc1. The molecule has 0 aliphatic heterocycles. The van der Waals surface area contributed by atoms with Gasteiger partial charge in [0.05, 0.1) is 11.9 Å². The summed E-state index contributed by atoms with van der Waals surface area (Å²) in [4.78, 5) is 5.83. The van der Waals surface area contributed by atoms with Crippen molar-refractivity contribution in [2.75, 3.05) is 0 Å². The van der Waals surface area contributed by atoms with Crippen LogP contribution in [0, 0.1) is 5.92 Å². The van der Waals surface area contributed by atoms with E-state index in [9.17, 15) is 0 Å². The molecule has 36 heavy (non-hydrogen) atoms. The molecule has 1 aliphatic rings. The Kier molecular flexibility index (Phi) is 8.53. The third-order valence-corrected chi connectivity index (χ3v) is 9.03. The summed E-state index contributed by atoms with van der Waals surface area (Å²) in [5, 5.41) is 5.90. The molecule has 0 N–H and O–H groups in total. The number of benzene rings is 2. The molecular formula is C32H41N3S. The van der Waals surface area contributed by atoms with Gasteiger partial charge in [0.2, 0.25) is 4.96 Å². The van der Waals surface area contributed by atoms with E-state index in [1.54, 1.807) is 11.3 Å².